The van der Waals surface area contributed by atoms with Gasteiger partial charge in [0.15, 0.2) is 0 Å². The molecule has 0 amide bonds. The molecular formula is C14H15N3OS. The van der Waals surface area contributed by atoms with Gasteiger partial charge < -0.3 is 5.73 Å². The standard InChI is InChI=1S/C14H15N3OS/c1-10-6-11(2)17(14(18)16-10)8-13-7-12(9-19-13)4-3-5-15/h6-7,9H,5,8,15H2,1-2H3. The second kappa shape index (κ2) is 5.83. The monoisotopic (exact) mass is 273 g/mol. The largest absolute Gasteiger partial charge is 0.348 e. The Hall–Kier alpha value is -1.90. The summed E-state index contributed by atoms with van der Waals surface area (Å²) in [5.41, 5.74) is 7.74. The molecule has 98 valence electrons. The molecule has 0 unspecified atom stereocenters. The summed E-state index contributed by atoms with van der Waals surface area (Å²) in [5, 5.41) is 1.97. The molecule has 0 aliphatic rings. The first-order chi connectivity index (χ1) is 9.10. The highest BCUT2D eigenvalue weighted by Gasteiger charge is 2.05. The molecule has 2 heterocycles. The van der Waals surface area contributed by atoms with Crippen molar-refractivity contribution >= 4 is 11.3 Å². The lowest BCUT2D eigenvalue weighted by molar-refractivity contribution is 0.701. The highest BCUT2D eigenvalue weighted by molar-refractivity contribution is 7.10. The van der Waals surface area contributed by atoms with E-state index in [9.17, 15) is 4.79 Å². The zero-order valence-electron chi connectivity index (χ0n) is 10.9. The van der Waals surface area contributed by atoms with E-state index in [0.717, 1.165) is 21.8 Å². The molecule has 0 saturated carbocycles. The third-order valence-electron chi connectivity index (χ3n) is 2.65. The van der Waals surface area contributed by atoms with Gasteiger partial charge in [0.05, 0.1) is 13.1 Å². The fraction of sp³-hybridized carbons (Fsp3) is 0.286. The Morgan fingerprint density at radius 3 is 2.89 bits per heavy atom. The number of aromatic nitrogens is 2. The highest BCUT2D eigenvalue weighted by Crippen LogP contribution is 2.15. The van der Waals surface area contributed by atoms with Gasteiger partial charge in [-0.05, 0) is 26.0 Å². The van der Waals surface area contributed by atoms with E-state index < -0.39 is 0 Å². The SMILES string of the molecule is Cc1cc(C)n(Cc2cc(C#CCN)cs2)c(=O)n1. The van der Waals surface area contributed by atoms with Gasteiger partial charge in [-0.1, -0.05) is 11.8 Å². The number of nitrogens with zero attached hydrogens (tertiary/aromatic N) is 2. The van der Waals surface area contributed by atoms with Crippen LogP contribution in [-0.2, 0) is 6.54 Å². The van der Waals surface area contributed by atoms with Gasteiger partial charge in [0.2, 0.25) is 0 Å². The summed E-state index contributed by atoms with van der Waals surface area (Å²) in [5.74, 6) is 5.80. The van der Waals surface area contributed by atoms with Crippen LogP contribution in [0, 0.1) is 25.7 Å². The van der Waals surface area contributed by atoms with Crippen LogP contribution in [0.4, 0.5) is 0 Å². The van der Waals surface area contributed by atoms with Crippen LogP contribution in [0.1, 0.15) is 21.8 Å². The Morgan fingerprint density at radius 2 is 2.21 bits per heavy atom. The first kappa shape index (κ1) is 13.5. The predicted octanol–water partition coefficient (Wildman–Crippen LogP) is 1.28. The molecule has 4 nitrogen and oxygen atoms in total. The average molecular weight is 273 g/mol. The van der Waals surface area contributed by atoms with Crippen molar-refractivity contribution < 1.29 is 0 Å². The van der Waals surface area contributed by atoms with Crippen LogP contribution in [0.3, 0.4) is 0 Å². The Bertz CT molecular complexity index is 703. The van der Waals surface area contributed by atoms with Crippen LogP contribution >= 0.6 is 11.3 Å². The molecule has 0 spiro atoms. The van der Waals surface area contributed by atoms with Crippen LogP contribution in [0.2, 0.25) is 0 Å². The smallest absolute Gasteiger partial charge is 0.320 e. The summed E-state index contributed by atoms with van der Waals surface area (Å²) >= 11 is 1.59. The van der Waals surface area contributed by atoms with Crippen molar-refractivity contribution in [1.29, 1.82) is 0 Å². The Labute approximate surface area is 115 Å². The maximum absolute atomic E-state index is 11.9. The summed E-state index contributed by atoms with van der Waals surface area (Å²) in [4.78, 5) is 16.9. The maximum atomic E-state index is 11.9. The average Bonchev–Trinajstić information content (AvgIpc) is 2.79. The second-order valence-electron chi connectivity index (χ2n) is 4.22. The van der Waals surface area contributed by atoms with E-state index in [2.05, 4.69) is 16.8 Å². The van der Waals surface area contributed by atoms with Crippen molar-refractivity contribution in [2.45, 2.75) is 20.4 Å². The van der Waals surface area contributed by atoms with Crippen LogP contribution in [0.25, 0.3) is 0 Å². The molecule has 2 aromatic rings. The highest BCUT2D eigenvalue weighted by atomic mass is 32.1. The van der Waals surface area contributed by atoms with Gasteiger partial charge in [-0.25, -0.2) is 4.79 Å². The minimum atomic E-state index is -0.208. The first-order valence-electron chi connectivity index (χ1n) is 5.91. The molecule has 0 radical (unpaired) electrons. The number of aryl methyl sites for hydroxylation is 2. The van der Waals surface area contributed by atoms with E-state index in [-0.39, 0.29) is 5.69 Å². The summed E-state index contributed by atoms with van der Waals surface area (Å²) in [6.07, 6.45) is 0. The normalized spacial score (nSPS) is 10.1. The van der Waals surface area contributed by atoms with Crippen molar-refractivity contribution in [3.05, 3.63) is 49.8 Å². The third kappa shape index (κ3) is 3.31. The van der Waals surface area contributed by atoms with Gasteiger partial charge in [-0.15, -0.1) is 11.3 Å². The molecule has 0 aromatic carbocycles. The van der Waals surface area contributed by atoms with Gasteiger partial charge in [0.25, 0.3) is 0 Å². The summed E-state index contributed by atoms with van der Waals surface area (Å²) < 4.78 is 1.67. The van der Waals surface area contributed by atoms with Gasteiger partial charge in [0.1, 0.15) is 0 Å². The summed E-state index contributed by atoms with van der Waals surface area (Å²) in [6.45, 7) is 4.63. The molecule has 0 fully saturated rings. The van der Waals surface area contributed by atoms with E-state index in [0.29, 0.717) is 13.1 Å². The van der Waals surface area contributed by atoms with E-state index in [4.69, 9.17) is 5.73 Å². The fourth-order valence-electron chi connectivity index (χ4n) is 1.80. The number of nitrogens with two attached hydrogens (primary N) is 1. The molecule has 0 aliphatic heterocycles. The minimum absolute atomic E-state index is 0.208. The Morgan fingerprint density at radius 1 is 1.42 bits per heavy atom. The van der Waals surface area contributed by atoms with Crippen LogP contribution < -0.4 is 11.4 Å². The lowest BCUT2D eigenvalue weighted by Crippen LogP contribution is -2.25. The van der Waals surface area contributed by atoms with Crippen molar-refractivity contribution in [1.82, 2.24) is 9.55 Å². The molecule has 2 N–H and O–H groups in total. The Balaban J connectivity index is 2.27. The van der Waals surface area contributed by atoms with E-state index in [1.807, 2.05) is 31.4 Å². The maximum Gasteiger partial charge on any atom is 0.348 e. The number of hydrogen-bond donors (Lipinski definition) is 1. The van der Waals surface area contributed by atoms with Gasteiger partial charge in [-0.3, -0.25) is 4.57 Å². The molecule has 0 bridgehead atoms. The number of thiophene rings is 1. The topological polar surface area (TPSA) is 60.9 Å². The molecule has 19 heavy (non-hydrogen) atoms. The molecule has 2 rings (SSSR count). The third-order valence-corrected chi connectivity index (χ3v) is 3.57. The summed E-state index contributed by atoms with van der Waals surface area (Å²) in [7, 11) is 0. The predicted molar refractivity (Wildman–Crippen MR) is 77.3 cm³/mol. The minimum Gasteiger partial charge on any atom is -0.320 e. The van der Waals surface area contributed by atoms with Gasteiger partial charge in [-0.2, -0.15) is 4.98 Å². The molecule has 0 saturated heterocycles. The number of hydrogen-bond acceptors (Lipinski definition) is 4. The van der Waals surface area contributed by atoms with Crippen LogP contribution in [0.15, 0.2) is 22.3 Å². The van der Waals surface area contributed by atoms with Crippen LogP contribution in [0.5, 0.6) is 0 Å². The van der Waals surface area contributed by atoms with Crippen molar-refractivity contribution in [3.63, 3.8) is 0 Å². The van der Waals surface area contributed by atoms with Crippen molar-refractivity contribution in [2.75, 3.05) is 6.54 Å². The molecule has 0 aliphatic carbocycles. The first-order valence-corrected chi connectivity index (χ1v) is 6.79. The lowest BCUT2D eigenvalue weighted by atomic mass is 10.3. The second-order valence-corrected chi connectivity index (χ2v) is 5.21. The van der Waals surface area contributed by atoms with Crippen LogP contribution in [-0.4, -0.2) is 16.1 Å². The van der Waals surface area contributed by atoms with E-state index in [1.165, 1.54) is 0 Å². The zero-order valence-corrected chi connectivity index (χ0v) is 11.8. The van der Waals surface area contributed by atoms with Crippen molar-refractivity contribution in [2.24, 2.45) is 5.73 Å². The molecular weight excluding hydrogens is 258 g/mol. The molecule has 5 heteroatoms. The van der Waals surface area contributed by atoms with E-state index >= 15 is 0 Å². The number of rotatable bonds is 2. The van der Waals surface area contributed by atoms with E-state index in [1.54, 1.807) is 15.9 Å². The zero-order chi connectivity index (χ0) is 13.8. The lowest BCUT2D eigenvalue weighted by Gasteiger charge is -2.07. The Kier molecular flexibility index (Phi) is 4.15. The molecule has 0 atom stereocenters. The quantitative estimate of drug-likeness (QED) is 0.839. The van der Waals surface area contributed by atoms with Gasteiger partial charge >= 0.3 is 5.69 Å². The van der Waals surface area contributed by atoms with Crippen molar-refractivity contribution in [3.8, 4) is 11.8 Å². The van der Waals surface area contributed by atoms with Gasteiger partial charge in [0, 0.05) is 27.2 Å². The summed E-state index contributed by atoms with van der Waals surface area (Å²) in [6, 6.07) is 3.89. The molecule has 2 aromatic heterocycles. The fourth-order valence-corrected chi connectivity index (χ4v) is 2.61.